The zero-order chi connectivity index (χ0) is 23.0. The second kappa shape index (κ2) is 11.4. The molecule has 0 aromatic rings. The molecule has 1 saturated carbocycles. The van der Waals surface area contributed by atoms with E-state index in [1.807, 2.05) is 25.1 Å². The van der Waals surface area contributed by atoms with E-state index in [9.17, 15) is 13.2 Å². The first-order valence-electron chi connectivity index (χ1n) is 11.1. The third-order valence-corrected chi connectivity index (χ3v) is 5.80. The number of aliphatic imine (C=N–C) groups is 2. The second-order valence-electron chi connectivity index (χ2n) is 8.53. The highest BCUT2D eigenvalue weighted by Gasteiger charge is 2.26. The van der Waals surface area contributed by atoms with Gasteiger partial charge in [0.1, 0.15) is 0 Å². The summed E-state index contributed by atoms with van der Waals surface area (Å²) in [5.74, 6) is 0.635. The molecule has 7 heteroatoms. The van der Waals surface area contributed by atoms with Gasteiger partial charge in [0.25, 0.3) is 0 Å². The largest absolute Gasteiger partial charge is 0.389 e. The number of hydrogen-bond donors (Lipinski definition) is 0. The van der Waals surface area contributed by atoms with E-state index in [1.54, 1.807) is 13.1 Å². The maximum atomic E-state index is 12.4. The van der Waals surface area contributed by atoms with Crippen molar-refractivity contribution in [2.45, 2.75) is 85.2 Å². The van der Waals surface area contributed by atoms with E-state index in [2.05, 4.69) is 23.5 Å². The fourth-order valence-electron chi connectivity index (χ4n) is 3.40. The number of alkyl halides is 3. The summed E-state index contributed by atoms with van der Waals surface area (Å²) >= 11 is 0. The molecule has 0 spiro atoms. The Morgan fingerprint density at radius 1 is 1.16 bits per heavy atom. The number of hydrazone groups is 1. The first kappa shape index (κ1) is 25.1. The van der Waals surface area contributed by atoms with Crippen molar-refractivity contribution in [3.05, 3.63) is 35.8 Å². The van der Waals surface area contributed by atoms with Crippen molar-refractivity contribution in [2.75, 3.05) is 6.54 Å². The van der Waals surface area contributed by atoms with Gasteiger partial charge in [-0.3, -0.25) is 15.0 Å². The molecule has 2 aliphatic rings. The molecule has 0 bridgehead atoms. The first-order chi connectivity index (χ1) is 14.6. The van der Waals surface area contributed by atoms with Crippen LogP contribution in [0.2, 0.25) is 0 Å². The topological polar surface area (TPSA) is 40.3 Å². The van der Waals surface area contributed by atoms with Crippen LogP contribution in [-0.2, 0) is 0 Å². The summed E-state index contributed by atoms with van der Waals surface area (Å²) in [7, 11) is 0. The molecule has 0 amide bonds. The molecule has 4 nitrogen and oxygen atoms in total. The summed E-state index contributed by atoms with van der Waals surface area (Å²) in [4.78, 5) is 8.89. The Morgan fingerprint density at radius 2 is 1.87 bits per heavy atom. The monoisotopic (exact) mass is 436 g/mol. The van der Waals surface area contributed by atoms with Crippen LogP contribution in [0.25, 0.3) is 0 Å². The minimum Gasteiger partial charge on any atom is -0.266 e. The molecule has 1 aliphatic carbocycles. The third-order valence-electron chi connectivity index (χ3n) is 5.80. The summed E-state index contributed by atoms with van der Waals surface area (Å²) in [6.07, 6.45) is 4.55. The Kier molecular flexibility index (Phi) is 9.26. The van der Waals surface area contributed by atoms with E-state index in [0.717, 1.165) is 41.8 Å². The molecule has 0 unspecified atom stereocenters. The SMILES string of the molecule is C=C1CCC(/C(=C/N=C(C)CCC(F)(F)F)CC)=NN1C/C(C)=C/N=C(C)C1CCC1. The summed E-state index contributed by atoms with van der Waals surface area (Å²) in [5, 5.41) is 6.68. The number of halogens is 3. The normalized spacial score (nSPS) is 20.2. The van der Waals surface area contributed by atoms with Gasteiger partial charge in [-0.05, 0) is 76.4 Å². The quantitative estimate of drug-likeness (QED) is 0.352. The lowest BCUT2D eigenvalue weighted by Crippen LogP contribution is -2.26. The number of rotatable bonds is 9. The Balaban J connectivity index is 2.07. The summed E-state index contributed by atoms with van der Waals surface area (Å²) < 4.78 is 37.2. The fraction of sp³-hybridized carbons (Fsp3) is 0.625. The molecule has 1 aliphatic heterocycles. The molecular weight excluding hydrogens is 401 g/mol. The van der Waals surface area contributed by atoms with Gasteiger partial charge in [-0.1, -0.05) is 19.9 Å². The first-order valence-corrected chi connectivity index (χ1v) is 11.1. The number of allylic oxidation sites excluding steroid dienone is 2. The Labute approximate surface area is 184 Å². The second-order valence-corrected chi connectivity index (χ2v) is 8.53. The molecule has 0 N–H and O–H groups in total. The van der Waals surface area contributed by atoms with E-state index < -0.39 is 12.6 Å². The predicted octanol–water partition coefficient (Wildman–Crippen LogP) is 7.21. The maximum Gasteiger partial charge on any atom is 0.389 e. The molecule has 2 rings (SSSR count). The van der Waals surface area contributed by atoms with Crippen LogP contribution in [0, 0.1) is 5.92 Å². The van der Waals surface area contributed by atoms with E-state index in [0.29, 0.717) is 18.2 Å². The Morgan fingerprint density at radius 3 is 2.45 bits per heavy atom. The molecule has 1 heterocycles. The van der Waals surface area contributed by atoms with Crippen molar-refractivity contribution in [1.82, 2.24) is 5.01 Å². The van der Waals surface area contributed by atoms with Crippen molar-refractivity contribution in [1.29, 1.82) is 0 Å². The lowest BCUT2D eigenvalue weighted by atomic mass is 9.82. The zero-order valence-electron chi connectivity index (χ0n) is 19.2. The average Bonchev–Trinajstić information content (AvgIpc) is 2.65. The van der Waals surface area contributed by atoms with Gasteiger partial charge in [-0.2, -0.15) is 18.3 Å². The van der Waals surface area contributed by atoms with Gasteiger partial charge in [0.05, 0.1) is 12.3 Å². The van der Waals surface area contributed by atoms with Crippen molar-refractivity contribution in [3.63, 3.8) is 0 Å². The van der Waals surface area contributed by atoms with Crippen molar-refractivity contribution < 1.29 is 13.2 Å². The highest BCUT2D eigenvalue weighted by atomic mass is 19.4. The minimum atomic E-state index is -4.16. The lowest BCUT2D eigenvalue weighted by molar-refractivity contribution is -0.132. The van der Waals surface area contributed by atoms with Crippen LogP contribution in [0.5, 0.6) is 0 Å². The van der Waals surface area contributed by atoms with E-state index in [1.165, 1.54) is 25.0 Å². The summed E-state index contributed by atoms with van der Waals surface area (Å²) in [6, 6.07) is 0. The van der Waals surface area contributed by atoms with Crippen LogP contribution in [0.1, 0.15) is 79.1 Å². The van der Waals surface area contributed by atoms with Gasteiger partial charge in [-0.15, -0.1) is 0 Å². The van der Waals surface area contributed by atoms with Gasteiger partial charge in [0.15, 0.2) is 0 Å². The predicted molar refractivity (Wildman–Crippen MR) is 123 cm³/mol. The molecule has 31 heavy (non-hydrogen) atoms. The molecule has 0 radical (unpaired) electrons. The standard InChI is InChI=1S/C24H35F3N4/c1-6-21(15-28-18(3)12-13-24(25,26)27)23-11-10-19(4)31(30-23)16-17(2)14-29-20(5)22-8-7-9-22/h14-15,22H,4,6-13,16H2,1-3,5H3/b17-14+,21-15+,28-18?,29-20?. The smallest absolute Gasteiger partial charge is 0.266 e. The van der Waals surface area contributed by atoms with Crippen LogP contribution in [0.3, 0.4) is 0 Å². The summed E-state index contributed by atoms with van der Waals surface area (Å²) in [5.41, 5.74) is 5.60. The van der Waals surface area contributed by atoms with Gasteiger partial charge in [0, 0.05) is 35.9 Å². The van der Waals surface area contributed by atoms with Crippen LogP contribution in [0.4, 0.5) is 13.2 Å². The van der Waals surface area contributed by atoms with Crippen LogP contribution < -0.4 is 0 Å². The highest BCUT2D eigenvalue weighted by Crippen LogP contribution is 2.28. The molecule has 0 aromatic heterocycles. The Hall–Kier alpha value is -2.18. The van der Waals surface area contributed by atoms with Crippen LogP contribution in [-0.4, -0.2) is 34.9 Å². The molecule has 172 valence electrons. The van der Waals surface area contributed by atoms with E-state index in [4.69, 9.17) is 5.10 Å². The zero-order valence-corrected chi connectivity index (χ0v) is 19.2. The average molecular weight is 437 g/mol. The van der Waals surface area contributed by atoms with E-state index in [-0.39, 0.29) is 6.42 Å². The van der Waals surface area contributed by atoms with Crippen molar-refractivity contribution in [2.24, 2.45) is 21.0 Å². The van der Waals surface area contributed by atoms with Gasteiger partial charge in [0.2, 0.25) is 0 Å². The molecule has 0 atom stereocenters. The van der Waals surface area contributed by atoms with Gasteiger partial charge in [-0.25, -0.2) is 0 Å². The van der Waals surface area contributed by atoms with Crippen LogP contribution >= 0.6 is 0 Å². The van der Waals surface area contributed by atoms with Gasteiger partial charge < -0.3 is 0 Å². The molecule has 0 saturated heterocycles. The van der Waals surface area contributed by atoms with Crippen LogP contribution in [0.15, 0.2) is 50.9 Å². The third kappa shape index (κ3) is 8.46. The summed E-state index contributed by atoms with van der Waals surface area (Å²) in [6.45, 7) is 12.5. The fourth-order valence-corrected chi connectivity index (χ4v) is 3.40. The lowest BCUT2D eigenvalue weighted by Gasteiger charge is -2.28. The van der Waals surface area contributed by atoms with Gasteiger partial charge >= 0.3 is 6.18 Å². The van der Waals surface area contributed by atoms with Crippen molar-refractivity contribution >= 4 is 17.1 Å². The molecular formula is C24H35F3N4. The highest BCUT2D eigenvalue weighted by molar-refractivity contribution is 6.00. The van der Waals surface area contributed by atoms with E-state index >= 15 is 0 Å². The number of nitrogens with zero attached hydrogens (tertiary/aromatic N) is 4. The number of hydrogen-bond acceptors (Lipinski definition) is 4. The minimum absolute atomic E-state index is 0.0861. The molecule has 0 aromatic carbocycles. The molecule has 1 fully saturated rings. The maximum absolute atomic E-state index is 12.4. The van der Waals surface area contributed by atoms with Crippen molar-refractivity contribution in [3.8, 4) is 0 Å². The Bertz CT molecular complexity index is 796.